The maximum absolute atomic E-state index is 3.77. The van der Waals surface area contributed by atoms with Crippen LogP contribution in [0.2, 0.25) is 0 Å². The lowest BCUT2D eigenvalue weighted by atomic mass is 10.1. The van der Waals surface area contributed by atoms with E-state index in [2.05, 4.69) is 35.0 Å². The van der Waals surface area contributed by atoms with Crippen LogP contribution in [-0.4, -0.2) is 4.83 Å². The topological polar surface area (TPSA) is 0 Å². The Hall–Kier alpha value is 0.180. The quantitative estimate of drug-likeness (QED) is 0.712. The molecule has 1 aliphatic rings. The van der Waals surface area contributed by atoms with E-state index >= 15 is 0 Å². The summed E-state index contributed by atoms with van der Waals surface area (Å²) in [6, 6.07) is 4.49. The van der Waals surface area contributed by atoms with Gasteiger partial charge < -0.3 is 0 Å². The summed E-state index contributed by atoms with van der Waals surface area (Å²) in [6.07, 6.45) is 5.45. The fraction of sp³-hybridized carbons (Fsp3) is 0.636. The van der Waals surface area contributed by atoms with Crippen molar-refractivity contribution in [3.8, 4) is 0 Å². The van der Waals surface area contributed by atoms with Crippen LogP contribution in [0, 0.1) is 12.8 Å². The van der Waals surface area contributed by atoms with E-state index in [1.165, 1.54) is 30.6 Å². The molecule has 2 rings (SSSR count). The molecule has 13 heavy (non-hydrogen) atoms. The number of aryl methyl sites for hydroxylation is 2. The highest BCUT2D eigenvalue weighted by Crippen LogP contribution is 2.38. The molecule has 1 aliphatic carbocycles. The third-order valence-corrected chi connectivity index (χ3v) is 4.86. The second kappa shape index (κ2) is 4.14. The molecule has 0 saturated heterocycles. The molecule has 0 amide bonds. The molecule has 1 saturated carbocycles. The van der Waals surface area contributed by atoms with Gasteiger partial charge in [-0.25, -0.2) is 0 Å². The average molecular weight is 259 g/mol. The van der Waals surface area contributed by atoms with Gasteiger partial charge in [0, 0.05) is 14.6 Å². The average Bonchev–Trinajstić information content (AvgIpc) is 2.87. The molecular weight excluding hydrogens is 244 g/mol. The maximum Gasteiger partial charge on any atom is 0.0177 e. The minimum Gasteiger partial charge on any atom is -0.146 e. The number of thiophene rings is 1. The molecule has 0 aliphatic heterocycles. The molecule has 0 nitrogen and oxygen atoms in total. The molecule has 0 N–H and O–H groups in total. The van der Waals surface area contributed by atoms with Crippen LogP contribution in [0.4, 0.5) is 0 Å². The van der Waals surface area contributed by atoms with Crippen molar-refractivity contribution in [1.29, 1.82) is 0 Å². The summed E-state index contributed by atoms with van der Waals surface area (Å²) in [4.78, 5) is 3.75. The standard InChI is InChI=1S/C11H15BrS/c1-8-2-5-10(13-8)6-7-11(12)9-3-4-9/h2,5,9,11H,3-4,6-7H2,1H3. The van der Waals surface area contributed by atoms with Crippen LogP contribution in [0.25, 0.3) is 0 Å². The number of hydrogen-bond acceptors (Lipinski definition) is 1. The predicted octanol–water partition coefficient (Wildman–Crippen LogP) is 4.16. The van der Waals surface area contributed by atoms with Crippen molar-refractivity contribution in [2.75, 3.05) is 0 Å². The molecule has 1 heterocycles. The van der Waals surface area contributed by atoms with E-state index < -0.39 is 0 Å². The molecule has 1 fully saturated rings. The van der Waals surface area contributed by atoms with E-state index in [0.29, 0.717) is 0 Å². The molecule has 0 radical (unpaired) electrons. The number of rotatable bonds is 4. The molecule has 0 spiro atoms. The Morgan fingerprint density at radius 1 is 1.54 bits per heavy atom. The maximum atomic E-state index is 3.77. The molecule has 1 aromatic heterocycles. The first-order valence-electron chi connectivity index (χ1n) is 4.95. The molecule has 2 heteroatoms. The van der Waals surface area contributed by atoms with Gasteiger partial charge in [0.2, 0.25) is 0 Å². The van der Waals surface area contributed by atoms with Crippen LogP contribution in [0.1, 0.15) is 29.0 Å². The first-order chi connectivity index (χ1) is 6.25. The Labute approximate surface area is 92.5 Å². The highest BCUT2D eigenvalue weighted by atomic mass is 79.9. The van der Waals surface area contributed by atoms with E-state index in [9.17, 15) is 0 Å². The van der Waals surface area contributed by atoms with Gasteiger partial charge in [0.15, 0.2) is 0 Å². The molecular formula is C11H15BrS. The Morgan fingerprint density at radius 2 is 2.31 bits per heavy atom. The first-order valence-corrected chi connectivity index (χ1v) is 6.68. The third-order valence-electron chi connectivity index (χ3n) is 2.60. The Balaban J connectivity index is 1.78. The van der Waals surface area contributed by atoms with Crippen molar-refractivity contribution >= 4 is 27.3 Å². The van der Waals surface area contributed by atoms with Gasteiger partial charge in [-0.15, -0.1) is 11.3 Å². The molecule has 1 unspecified atom stereocenters. The van der Waals surface area contributed by atoms with Crippen molar-refractivity contribution < 1.29 is 0 Å². The zero-order chi connectivity index (χ0) is 9.26. The molecule has 1 atom stereocenters. The van der Waals surface area contributed by atoms with Crippen molar-refractivity contribution in [2.24, 2.45) is 5.92 Å². The van der Waals surface area contributed by atoms with E-state index in [4.69, 9.17) is 0 Å². The largest absolute Gasteiger partial charge is 0.146 e. The molecule has 72 valence electrons. The van der Waals surface area contributed by atoms with Crippen LogP contribution >= 0.6 is 27.3 Å². The van der Waals surface area contributed by atoms with Crippen LogP contribution in [0.3, 0.4) is 0 Å². The first kappa shape index (κ1) is 9.72. The second-order valence-electron chi connectivity index (χ2n) is 3.90. The SMILES string of the molecule is Cc1ccc(CCC(Br)C2CC2)s1. The molecule has 1 aromatic rings. The fourth-order valence-electron chi connectivity index (χ4n) is 1.59. The second-order valence-corrected chi connectivity index (χ2v) is 6.45. The van der Waals surface area contributed by atoms with Gasteiger partial charge in [-0.2, -0.15) is 0 Å². The van der Waals surface area contributed by atoms with E-state index in [1.54, 1.807) is 4.88 Å². The normalized spacial score (nSPS) is 18.9. The molecule has 0 aromatic carbocycles. The summed E-state index contributed by atoms with van der Waals surface area (Å²) >= 11 is 5.71. The highest BCUT2D eigenvalue weighted by Gasteiger charge is 2.28. The third kappa shape index (κ3) is 2.81. The minimum absolute atomic E-state index is 0.773. The summed E-state index contributed by atoms with van der Waals surface area (Å²) in [5.41, 5.74) is 0. The van der Waals surface area contributed by atoms with Crippen molar-refractivity contribution in [1.82, 2.24) is 0 Å². The van der Waals surface area contributed by atoms with Gasteiger partial charge in [0.1, 0.15) is 0 Å². The summed E-state index contributed by atoms with van der Waals surface area (Å²) in [5.74, 6) is 0.987. The van der Waals surface area contributed by atoms with Crippen LogP contribution in [0.15, 0.2) is 12.1 Å². The lowest BCUT2D eigenvalue weighted by Crippen LogP contribution is -2.01. The summed E-state index contributed by atoms with van der Waals surface area (Å²) in [7, 11) is 0. The van der Waals surface area contributed by atoms with Gasteiger partial charge in [-0.3, -0.25) is 0 Å². The zero-order valence-corrected chi connectivity index (χ0v) is 10.3. The fourth-order valence-corrected chi connectivity index (χ4v) is 3.26. The Morgan fingerprint density at radius 3 is 2.85 bits per heavy atom. The van der Waals surface area contributed by atoms with Gasteiger partial charge in [0.25, 0.3) is 0 Å². The number of hydrogen-bond donors (Lipinski definition) is 0. The van der Waals surface area contributed by atoms with E-state index in [1.807, 2.05) is 11.3 Å². The highest BCUT2D eigenvalue weighted by molar-refractivity contribution is 9.09. The van der Waals surface area contributed by atoms with Gasteiger partial charge in [0.05, 0.1) is 0 Å². The lowest BCUT2D eigenvalue weighted by Gasteiger charge is -2.05. The van der Waals surface area contributed by atoms with Crippen LogP contribution in [-0.2, 0) is 6.42 Å². The van der Waals surface area contributed by atoms with E-state index in [0.717, 1.165) is 10.7 Å². The summed E-state index contributed by atoms with van der Waals surface area (Å²) < 4.78 is 0. The van der Waals surface area contributed by atoms with E-state index in [-0.39, 0.29) is 0 Å². The van der Waals surface area contributed by atoms with Gasteiger partial charge >= 0.3 is 0 Å². The van der Waals surface area contributed by atoms with Crippen molar-refractivity contribution in [3.63, 3.8) is 0 Å². The van der Waals surface area contributed by atoms with Crippen LogP contribution < -0.4 is 0 Å². The van der Waals surface area contributed by atoms with Gasteiger partial charge in [-0.1, -0.05) is 15.9 Å². The monoisotopic (exact) mass is 258 g/mol. The summed E-state index contributed by atoms with van der Waals surface area (Å²) in [6.45, 7) is 2.18. The minimum atomic E-state index is 0.773. The predicted molar refractivity (Wildman–Crippen MR) is 62.8 cm³/mol. The number of alkyl halides is 1. The number of halogens is 1. The summed E-state index contributed by atoms with van der Waals surface area (Å²) in [5, 5.41) is 0. The van der Waals surface area contributed by atoms with Crippen LogP contribution in [0.5, 0.6) is 0 Å². The lowest BCUT2D eigenvalue weighted by molar-refractivity contribution is 0.701. The van der Waals surface area contributed by atoms with Crippen molar-refractivity contribution in [2.45, 2.75) is 37.4 Å². The Kier molecular flexibility index (Phi) is 3.10. The molecule has 0 bridgehead atoms. The smallest absolute Gasteiger partial charge is 0.0177 e. The van der Waals surface area contributed by atoms with Gasteiger partial charge in [-0.05, 0) is 50.7 Å². The zero-order valence-electron chi connectivity index (χ0n) is 7.92. The van der Waals surface area contributed by atoms with Crippen molar-refractivity contribution in [3.05, 3.63) is 21.9 Å². The Bertz CT molecular complexity index is 275.